The number of fused-ring (bicyclic) bond motifs is 1. The maximum atomic E-state index is 4.39. The maximum Gasteiger partial charge on any atom is 0.139 e. The van der Waals surface area contributed by atoms with Gasteiger partial charge in [-0.15, -0.1) is 0 Å². The highest BCUT2D eigenvalue weighted by molar-refractivity contribution is 5.89. The van der Waals surface area contributed by atoms with Gasteiger partial charge in [0.1, 0.15) is 5.65 Å². The van der Waals surface area contributed by atoms with E-state index >= 15 is 0 Å². The molecule has 2 saturated heterocycles. The molecule has 4 rings (SSSR count). The molecule has 128 valence electrons. The lowest BCUT2D eigenvalue weighted by atomic mass is 9.78. The molecule has 1 atom stereocenters. The number of likely N-dealkylation sites (tertiary alicyclic amines) is 1. The molecular formula is C19H32N4. The average molecular weight is 316 g/mol. The Balaban J connectivity index is 0.000000448. The van der Waals surface area contributed by atoms with Crippen molar-refractivity contribution in [3.8, 4) is 0 Å². The lowest BCUT2D eigenvalue weighted by molar-refractivity contribution is -0.000403. The summed E-state index contributed by atoms with van der Waals surface area (Å²) in [5.41, 5.74) is 2.77. The minimum atomic E-state index is 0.435. The standard InChI is InChI=1S/C15H20N4.2C2H6/c1-18-10-6-15(18)5-2-9-19(11-15)13-4-8-17-14-12(13)3-7-16-14;2*1-2/h3-4,7-8H,2,5-6,9-11H2,1H3,(H,16,17);2*1-2H3. The minimum Gasteiger partial charge on any atom is -0.369 e. The van der Waals surface area contributed by atoms with E-state index in [0.29, 0.717) is 5.54 Å². The van der Waals surface area contributed by atoms with Crippen LogP contribution in [0.1, 0.15) is 47.0 Å². The first-order valence-electron chi connectivity index (χ1n) is 9.17. The first kappa shape index (κ1) is 17.8. The number of nitrogens with zero attached hydrogens (tertiary/aromatic N) is 3. The molecule has 0 aromatic carbocycles. The van der Waals surface area contributed by atoms with Gasteiger partial charge in [0.15, 0.2) is 0 Å². The Bertz CT molecular complexity index is 606. The van der Waals surface area contributed by atoms with Crippen molar-refractivity contribution >= 4 is 16.7 Å². The van der Waals surface area contributed by atoms with Crippen LogP contribution in [-0.4, -0.2) is 47.1 Å². The number of piperidine rings is 1. The topological polar surface area (TPSA) is 35.2 Å². The first-order valence-corrected chi connectivity index (χ1v) is 9.17. The normalized spacial score (nSPS) is 23.6. The van der Waals surface area contributed by atoms with E-state index in [1.807, 2.05) is 40.1 Å². The van der Waals surface area contributed by atoms with Gasteiger partial charge >= 0.3 is 0 Å². The van der Waals surface area contributed by atoms with Gasteiger partial charge < -0.3 is 9.88 Å². The monoisotopic (exact) mass is 316 g/mol. The number of nitrogens with one attached hydrogen (secondary N) is 1. The molecule has 0 radical (unpaired) electrons. The van der Waals surface area contributed by atoms with Crippen LogP contribution in [0.2, 0.25) is 0 Å². The number of anilines is 1. The summed E-state index contributed by atoms with van der Waals surface area (Å²) in [5, 5.41) is 1.25. The summed E-state index contributed by atoms with van der Waals surface area (Å²) in [5.74, 6) is 0. The van der Waals surface area contributed by atoms with Crippen LogP contribution in [0.4, 0.5) is 5.69 Å². The lowest BCUT2D eigenvalue weighted by Gasteiger charge is -2.56. The van der Waals surface area contributed by atoms with Crippen molar-refractivity contribution in [1.29, 1.82) is 0 Å². The van der Waals surface area contributed by atoms with Crippen LogP contribution in [0.15, 0.2) is 24.5 Å². The summed E-state index contributed by atoms with van der Waals surface area (Å²) in [7, 11) is 2.27. The molecule has 1 unspecified atom stereocenters. The number of pyridine rings is 1. The SMILES string of the molecule is CC.CC.CN1CCC12CCCN(c1ccnc3[nH]ccc13)C2. The molecule has 23 heavy (non-hydrogen) atoms. The van der Waals surface area contributed by atoms with Gasteiger partial charge in [-0.3, -0.25) is 4.90 Å². The number of hydrogen-bond acceptors (Lipinski definition) is 3. The number of aromatic amines is 1. The fourth-order valence-corrected chi connectivity index (χ4v) is 3.71. The minimum absolute atomic E-state index is 0.435. The molecule has 0 amide bonds. The van der Waals surface area contributed by atoms with E-state index in [2.05, 4.69) is 38.9 Å². The van der Waals surface area contributed by atoms with E-state index in [4.69, 9.17) is 0 Å². The van der Waals surface area contributed by atoms with Gasteiger partial charge in [0.05, 0.1) is 0 Å². The van der Waals surface area contributed by atoms with E-state index < -0.39 is 0 Å². The van der Waals surface area contributed by atoms with Gasteiger partial charge in [-0.05, 0) is 38.4 Å². The Hall–Kier alpha value is -1.55. The van der Waals surface area contributed by atoms with Crippen molar-refractivity contribution in [2.75, 3.05) is 31.6 Å². The van der Waals surface area contributed by atoms with E-state index in [0.717, 1.165) is 12.2 Å². The highest BCUT2D eigenvalue weighted by Crippen LogP contribution is 2.39. The zero-order chi connectivity index (χ0) is 16.9. The van der Waals surface area contributed by atoms with Gasteiger partial charge in [-0.25, -0.2) is 4.98 Å². The van der Waals surface area contributed by atoms with Crippen LogP contribution < -0.4 is 4.90 Å². The summed E-state index contributed by atoms with van der Waals surface area (Å²) >= 11 is 0. The third kappa shape index (κ3) is 3.23. The Labute approximate surface area is 140 Å². The zero-order valence-electron chi connectivity index (χ0n) is 15.4. The Morgan fingerprint density at radius 1 is 1.09 bits per heavy atom. The highest BCUT2D eigenvalue weighted by atomic mass is 15.3. The molecule has 0 bridgehead atoms. The molecule has 0 aliphatic carbocycles. The Morgan fingerprint density at radius 2 is 1.87 bits per heavy atom. The summed E-state index contributed by atoms with van der Waals surface area (Å²) in [6, 6.07) is 4.30. The van der Waals surface area contributed by atoms with E-state index in [1.54, 1.807) is 0 Å². The van der Waals surface area contributed by atoms with Gasteiger partial charge in [0, 0.05) is 48.6 Å². The fraction of sp³-hybridized carbons (Fsp3) is 0.632. The number of H-pyrrole nitrogens is 1. The lowest BCUT2D eigenvalue weighted by Crippen LogP contribution is -2.65. The predicted octanol–water partition coefficient (Wildman–Crippen LogP) is 4.29. The maximum absolute atomic E-state index is 4.39. The van der Waals surface area contributed by atoms with Crippen LogP contribution in [0.25, 0.3) is 11.0 Å². The second-order valence-corrected chi connectivity index (χ2v) is 5.99. The fourth-order valence-electron chi connectivity index (χ4n) is 3.71. The molecule has 2 aliphatic heterocycles. The number of aromatic nitrogens is 2. The van der Waals surface area contributed by atoms with Crippen molar-refractivity contribution in [3.05, 3.63) is 24.5 Å². The van der Waals surface area contributed by atoms with Gasteiger partial charge in [-0.1, -0.05) is 27.7 Å². The van der Waals surface area contributed by atoms with Crippen molar-refractivity contribution in [2.45, 2.75) is 52.5 Å². The van der Waals surface area contributed by atoms with Gasteiger partial charge in [-0.2, -0.15) is 0 Å². The van der Waals surface area contributed by atoms with E-state index in [-0.39, 0.29) is 0 Å². The third-order valence-electron chi connectivity index (χ3n) is 5.06. The van der Waals surface area contributed by atoms with Crippen LogP contribution in [0.3, 0.4) is 0 Å². The van der Waals surface area contributed by atoms with Crippen molar-refractivity contribution in [1.82, 2.24) is 14.9 Å². The number of hydrogen-bond donors (Lipinski definition) is 1. The molecule has 2 aromatic heterocycles. The number of rotatable bonds is 1. The smallest absolute Gasteiger partial charge is 0.139 e. The molecule has 4 nitrogen and oxygen atoms in total. The molecule has 2 aromatic rings. The summed E-state index contributed by atoms with van der Waals surface area (Å²) in [6.45, 7) is 11.6. The molecule has 1 N–H and O–H groups in total. The van der Waals surface area contributed by atoms with Gasteiger partial charge in [0.25, 0.3) is 0 Å². The second-order valence-electron chi connectivity index (χ2n) is 5.99. The van der Waals surface area contributed by atoms with Crippen molar-refractivity contribution in [2.24, 2.45) is 0 Å². The first-order chi connectivity index (χ1) is 11.3. The van der Waals surface area contributed by atoms with Gasteiger partial charge in [0.2, 0.25) is 0 Å². The van der Waals surface area contributed by atoms with Crippen LogP contribution >= 0.6 is 0 Å². The average Bonchev–Trinajstić information content (AvgIpc) is 3.12. The molecule has 1 spiro atoms. The second kappa shape index (κ2) is 7.82. The summed E-state index contributed by atoms with van der Waals surface area (Å²) in [6.07, 6.45) is 7.89. The van der Waals surface area contributed by atoms with Crippen LogP contribution in [0.5, 0.6) is 0 Å². The zero-order valence-corrected chi connectivity index (χ0v) is 15.4. The summed E-state index contributed by atoms with van der Waals surface area (Å²) < 4.78 is 0. The predicted molar refractivity (Wildman–Crippen MR) is 100 cm³/mol. The summed E-state index contributed by atoms with van der Waals surface area (Å²) in [4.78, 5) is 12.7. The molecule has 4 heteroatoms. The Morgan fingerprint density at radius 3 is 2.52 bits per heavy atom. The third-order valence-corrected chi connectivity index (χ3v) is 5.06. The quantitative estimate of drug-likeness (QED) is 0.852. The molecule has 0 saturated carbocycles. The molecule has 2 fully saturated rings. The molecular weight excluding hydrogens is 284 g/mol. The van der Waals surface area contributed by atoms with Crippen molar-refractivity contribution in [3.63, 3.8) is 0 Å². The van der Waals surface area contributed by atoms with Crippen molar-refractivity contribution < 1.29 is 0 Å². The highest BCUT2D eigenvalue weighted by Gasteiger charge is 2.45. The Kier molecular flexibility index (Phi) is 6.05. The molecule has 2 aliphatic rings. The largest absolute Gasteiger partial charge is 0.369 e. The van der Waals surface area contributed by atoms with E-state index in [1.165, 1.54) is 43.4 Å². The van der Waals surface area contributed by atoms with Crippen LogP contribution in [0, 0.1) is 0 Å². The molecule has 4 heterocycles. The number of likely N-dealkylation sites (N-methyl/N-ethyl adjacent to an activating group) is 1. The van der Waals surface area contributed by atoms with E-state index in [9.17, 15) is 0 Å². The van der Waals surface area contributed by atoms with Crippen LogP contribution in [-0.2, 0) is 0 Å².